The van der Waals surface area contributed by atoms with Crippen LogP contribution in [0.25, 0.3) is 0 Å². The Bertz CT molecular complexity index is 792. The van der Waals surface area contributed by atoms with E-state index in [0.717, 1.165) is 24.8 Å². The van der Waals surface area contributed by atoms with Gasteiger partial charge in [0.2, 0.25) is 11.8 Å². The summed E-state index contributed by atoms with van der Waals surface area (Å²) in [5.41, 5.74) is 0.146. The number of halogens is 6. The molecular formula is C18H19F6N3O. The predicted octanol–water partition coefficient (Wildman–Crippen LogP) is 5.55. The minimum absolute atomic E-state index is 0.210. The fraction of sp³-hybridized carbons (Fsp3) is 0.444. The van der Waals surface area contributed by atoms with Crippen molar-refractivity contribution < 1.29 is 31.1 Å². The molecule has 0 bridgehead atoms. The second-order valence-electron chi connectivity index (χ2n) is 6.12. The van der Waals surface area contributed by atoms with Crippen LogP contribution in [0.1, 0.15) is 30.9 Å². The van der Waals surface area contributed by atoms with Gasteiger partial charge < -0.3 is 9.64 Å². The van der Waals surface area contributed by atoms with E-state index in [9.17, 15) is 26.3 Å². The van der Waals surface area contributed by atoms with Crippen LogP contribution < -0.4 is 9.64 Å². The van der Waals surface area contributed by atoms with Gasteiger partial charge in [-0.25, -0.2) is 4.98 Å². The van der Waals surface area contributed by atoms with E-state index < -0.39 is 30.4 Å². The smallest absolute Gasteiger partial charge is 0.423 e. The first-order valence-electron chi connectivity index (χ1n) is 8.47. The third kappa shape index (κ3) is 6.00. The van der Waals surface area contributed by atoms with Gasteiger partial charge in [-0.2, -0.15) is 31.3 Å². The molecule has 0 aliphatic carbocycles. The normalized spacial score (nSPS) is 12.1. The van der Waals surface area contributed by atoms with E-state index in [0.29, 0.717) is 11.9 Å². The third-order valence-corrected chi connectivity index (χ3v) is 3.84. The molecule has 0 aliphatic heterocycles. The number of aromatic nitrogens is 2. The van der Waals surface area contributed by atoms with Gasteiger partial charge in [0.15, 0.2) is 6.61 Å². The van der Waals surface area contributed by atoms with Crippen LogP contribution in [-0.2, 0) is 12.6 Å². The Morgan fingerprint density at radius 1 is 1.11 bits per heavy atom. The lowest BCUT2D eigenvalue weighted by Crippen LogP contribution is -2.23. The third-order valence-electron chi connectivity index (χ3n) is 3.84. The molecule has 28 heavy (non-hydrogen) atoms. The molecule has 2 aromatic rings. The van der Waals surface area contributed by atoms with Crippen molar-refractivity contribution in [2.24, 2.45) is 0 Å². The highest BCUT2D eigenvalue weighted by molar-refractivity contribution is 5.58. The van der Waals surface area contributed by atoms with Gasteiger partial charge in [0, 0.05) is 18.9 Å². The zero-order chi connectivity index (χ0) is 20.9. The molecule has 0 radical (unpaired) electrons. The summed E-state index contributed by atoms with van der Waals surface area (Å²) >= 11 is 0. The van der Waals surface area contributed by atoms with E-state index in [-0.39, 0.29) is 5.95 Å². The number of unbranched alkanes of at least 4 members (excludes halogenated alkanes) is 1. The van der Waals surface area contributed by atoms with Crippen molar-refractivity contribution in [3.63, 3.8) is 0 Å². The molecular weight excluding hydrogens is 388 g/mol. The topological polar surface area (TPSA) is 38.2 Å². The van der Waals surface area contributed by atoms with Crippen LogP contribution >= 0.6 is 0 Å². The van der Waals surface area contributed by atoms with Gasteiger partial charge in [0.25, 0.3) is 0 Å². The summed E-state index contributed by atoms with van der Waals surface area (Å²) in [6, 6.07) is 7.22. The fourth-order valence-electron chi connectivity index (χ4n) is 2.39. The van der Waals surface area contributed by atoms with E-state index in [1.807, 2.05) is 12.1 Å². The van der Waals surface area contributed by atoms with Crippen molar-refractivity contribution in [2.75, 3.05) is 18.6 Å². The van der Waals surface area contributed by atoms with Crippen LogP contribution in [0.5, 0.6) is 5.88 Å². The van der Waals surface area contributed by atoms with E-state index in [2.05, 4.69) is 21.6 Å². The average molecular weight is 407 g/mol. The number of hydrogen-bond acceptors (Lipinski definition) is 4. The number of anilines is 2. The van der Waals surface area contributed by atoms with E-state index in [4.69, 9.17) is 0 Å². The van der Waals surface area contributed by atoms with E-state index >= 15 is 0 Å². The monoisotopic (exact) mass is 407 g/mol. The molecule has 1 heterocycles. The highest BCUT2D eigenvalue weighted by atomic mass is 19.4. The Morgan fingerprint density at radius 2 is 1.82 bits per heavy atom. The van der Waals surface area contributed by atoms with Gasteiger partial charge >= 0.3 is 12.4 Å². The Labute approximate surface area is 158 Å². The molecule has 0 spiro atoms. The Morgan fingerprint density at radius 3 is 2.43 bits per heavy atom. The molecule has 1 aromatic carbocycles. The summed E-state index contributed by atoms with van der Waals surface area (Å²) < 4.78 is 80.6. The molecule has 0 amide bonds. The van der Waals surface area contributed by atoms with Gasteiger partial charge in [-0.3, -0.25) is 0 Å². The molecule has 0 saturated carbocycles. The Kier molecular flexibility index (Phi) is 6.73. The van der Waals surface area contributed by atoms with Gasteiger partial charge in [0.05, 0.1) is 0 Å². The molecule has 4 nitrogen and oxygen atoms in total. The molecule has 1 aromatic heterocycles. The summed E-state index contributed by atoms with van der Waals surface area (Å²) in [5.74, 6) is -1.37. The summed E-state index contributed by atoms with van der Waals surface area (Å²) in [6.45, 7) is 0.164. The Hall–Kier alpha value is -2.52. The van der Waals surface area contributed by atoms with Crippen molar-refractivity contribution in [2.45, 2.75) is 38.5 Å². The molecule has 0 unspecified atom stereocenters. The van der Waals surface area contributed by atoms with Gasteiger partial charge in [-0.05, 0) is 30.5 Å². The van der Waals surface area contributed by atoms with Crippen molar-refractivity contribution in [3.05, 3.63) is 41.6 Å². The minimum Gasteiger partial charge on any atom is -0.467 e. The van der Waals surface area contributed by atoms with Gasteiger partial charge in [-0.1, -0.05) is 25.5 Å². The van der Waals surface area contributed by atoms with Crippen LogP contribution in [0.2, 0.25) is 0 Å². The number of rotatable bonds is 7. The van der Waals surface area contributed by atoms with Crippen molar-refractivity contribution in [1.29, 1.82) is 0 Å². The van der Waals surface area contributed by atoms with Crippen molar-refractivity contribution in [3.8, 4) is 5.88 Å². The average Bonchev–Trinajstić information content (AvgIpc) is 2.62. The number of aryl methyl sites for hydroxylation is 1. The number of alkyl halides is 6. The second kappa shape index (κ2) is 8.66. The van der Waals surface area contributed by atoms with Gasteiger partial charge in [0.1, 0.15) is 5.56 Å². The first-order chi connectivity index (χ1) is 13.0. The van der Waals surface area contributed by atoms with E-state index in [1.165, 1.54) is 11.9 Å². The van der Waals surface area contributed by atoms with Crippen LogP contribution in [0.15, 0.2) is 30.5 Å². The minimum atomic E-state index is -4.95. The summed E-state index contributed by atoms with van der Waals surface area (Å²) in [5, 5.41) is 0. The predicted molar refractivity (Wildman–Crippen MR) is 91.7 cm³/mol. The zero-order valence-electron chi connectivity index (χ0n) is 15.2. The van der Waals surface area contributed by atoms with Crippen LogP contribution in [0.3, 0.4) is 0 Å². The fourth-order valence-corrected chi connectivity index (χ4v) is 2.39. The number of hydrogen-bond donors (Lipinski definition) is 0. The number of ether oxygens (including phenoxy) is 1. The molecule has 0 fully saturated rings. The molecule has 0 aliphatic rings. The SMILES string of the molecule is CCCCc1cccc(N(C)c2ncc(C(F)(F)F)c(OCC(F)(F)F)n2)c1. The van der Waals surface area contributed by atoms with Crippen molar-refractivity contribution >= 4 is 11.6 Å². The highest BCUT2D eigenvalue weighted by Crippen LogP contribution is 2.36. The maximum absolute atomic E-state index is 13.0. The molecule has 0 atom stereocenters. The maximum atomic E-state index is 13.0. The number of benzene rings is 1. The summed E-state index contributed by atoms with van der Waals surface area (Å²) in [4.78, 5) is 8.62. The van der Waals surface area contributed by atoms with Crippen LogP contribution in [0, 0.1) is 0 Å². The lowest BCUT2D eigenvalue weighted by molar-refractivity contribution is -0.159. The first kappa shape index (κ1) is 21.8. The zero-order valence-corrected chi connectivity index (χ0v) is 15.2. The highest BCUT2D eigenvalue weighted by Gasteiger charge is 2.38. The molecule has 0 saturated heterocycles. The standard InChI is InChI=1S/C18H19F6N3O/c1-3-4-6-12-7-5-8-13(9-12)27(2)16-25-10-14(18(22,23)24)15(26-16)28-11-17(19,20)21/h5,7-10H,3-4,6,11H2,1-2H3. The first-order valence-corrected chi connectivity index (χ1v) is 8.47. The van der Waals surface area contributed by atoms with E-state index in [1.54, 1.807) is 12.1 Å². The molecule has 0 N–H and O–H groups in total. The van der Waals surface area contributed by atoms with Crippen molar-refractivity contribution in [1.82, 2.24) is 9.97 Å². The molecule has 10 heteroatoms. The maximum Gasteiger partial charge on any atom is 0.423 e. The lowest BCUT2D eigenvalue weighted by atomic mass is 10.1. The lowest BCUT2D eigenvalue weighted by Gasteiger charge is -2.20. The van der Waals surface area contributed by atoms with Crippen LogP contribution in [0.4, 0.5) is 38.0 Å². The summed E-state index contributed by atoms with van der Waals surface area (Å²) in [6.07, 6.45) is -6.52. The van der Waals surface area contributed by atoms with Gasteiger partial charge in [-0.15, -0.1) is 0 Å². The van der Waals surface area contributed by atoms with Crippen LogP contribution in [-0.4, -0.2) is 29.8 Å². The molecule has 154 valence electrons. The quantitative estimate of drug-likeness (QED) is 0.565. The number of nitrogens with zero attached hydrogens (tertiary/aromatic N) is 3. The largest absolute Gasteiger partial charge is 0.467 e. The Balaban J connectivity index is 2.34. The second-order valence-corrected chi connectivity index (χ2v) is 6.12. The summed E-state index contributed by atoms with van der Waals surface area (Å²) in [7, 11) is 1.51. The molecule has 2 rings (SSSR count).